The van der Waals surface area contributed by atoms with Gasteiger partial charge in [0.15, 0.2) is 16.3 Å². The third-order valence-corrected chi connectivity index (χ3v) is 7.73. The van der Waals surface area contributed by atoms with Crippen LogP contribution in [0.15, 0.2) is 93.9 Å². The lowest BCUT2D eigenvalue weighted by Crippen LogP contribution is -2.39. The van der Waals surface area contributed by atoms with Crippen molar-refractivity contribution in [2.24, 2.45) is 4.99 Å². The van der Waals surface area contributed by atoms with Crippen LogP contribution < -0.4 is 29.1 Å². The average Bonchev–Trinajstić information content (AvgIpc) is 3.30. The lowest BCUT2D eigenvalue weighted by Gasteiger charge is -2.24. The number of fused-ring (bicyclic) bond motifs is 1. The molecule has 4 aromatic rings. The molecular weight excluding hydrogens is 552 g/mol. The van der Waals surface area contributed by atoms with Crippen LogP contribution in [-0.4, -0.2) is 30.9 Å². The first-order valence-electron chi connectivity index (χ1n) is 13.7. The van der Waals surface area contributed by atoms with Crippen molar-refractivity contribution in [3.05, 3.63) is 120 Å². The molecule has 0 bridgehead atoms. The first-order valence-corrected chi connectivity index (χ1v) is 14.5. The van der Waals surface area contributed by atoms with Crippen molar-refractivity contribution in [3.8, 4) is 17.2 Å². The molecule has 0 saturated carbocycles. The van der Waals surface area contributed by atoms with E-state index in [2.05, 4.69) is 4.99 Å². The van der Waals surface area contributed by atoms with Crippen LogP contribution in [0.4, 0.5) is 0 Å². The van der Waals surface area contributed by atoms with E-state index in [1.807, 2.05) is 79.7 Å². The predicted molar refractivity (Wildman–Crippen MR) is 162 cm³/mol. The van der Waals surface area contributed by atoms with Gasteiger partial charge in [0, 0.05) is 0 Å². The fourth-order valence-corrected chi connectivity index (χ4v) is 5.85. The van der Waals surface area contributed by atoms with E-state index in [0.717, 1.165) is 16.7 Å². The molecule has 5 rings (SSSR count). The molecule has 0 saturated heterocycles. The van der Waals surface area contributed by atoms with Crippen LogP contribution in [-0.2, 0) is 16.1 Å². The summed E-state index contributed by atoms with van der Waals surface area (Å²) in [6.45, 7) is 6.58. The number of hydrogen-bond donors (Lipinski definition) is 0. The third-order valence-electron chi connectivity index (χ3n) is 6.75. The Morgan fingerprint density at radius 3 is 2.43 bits per heavy atom. The summed E-state index contributed by atoms with van der Waals surface area (Å²) in [6, 6.07) is 22.1. The number of hydrogen-bond acceptors (Lipinski definition) is 8. The molecule has 1 aromatic heterocycles. The van der Waals surface area contributed by atoms with Crippen LogP contribution in [0.5, 0.6) is 17.2 Å². The number of methoxy groups -OCH3 is 1. The molecule has 1 aliphatic heterocycles. The number of allylic oxidation sites excluding steroid dienone is 1. The van der Waals surface area contributed by atoms with E-state index in [1.54, 1.807) is 31.6 Å². The van der Waals surface area contributed by atoms with Gasteiger partial charge in [-0.25, -0.2) is 9.79 Å². The molecule has 1 aliphatic rings. The van der Waals surface area contributed by atoms with Crippen molar-refractivity contribution >= 4 is 23.4 Å². The summed E-state index contributed by atoms with van der Waals surface area (Å²) in [7, 11) is 1.58. The summed E-state index contributed by atoms with van der Waals surface area (Å²) in [5.74, 6) is 1.37. The maximum absolute atomic E-state index is 13.9. The Morgan fingerprint density at radius 1 is 0.976 bits per heavy atom. The van der Waals surface area contributed by atoms with E-state index in [9.17, 15) is 9.59 Å². The Hall–Kier alpha value is -4.63. The fourth-order valence-electron chi connectivity index (χ4n) is 4.80. The molecule has 0 spiro atoms. The van der Waals surface area contributed by atoms with Crippen molar-refractivity contribution in [1.82, 2.24) is 4.57 Å². The molecule has 216 valence electrons. The molecule has 0 unspecified atom stereocenters. The number of aromatic nitrogens is 1. The summed E-state index contributed by atoms with van der Waals surface area (Å²) < 4.78 is 24.6. The van der Waals surface area contributed by atoms with Crippen LogP contribution in [0.1, 0.15) is 43.5 Å². The smallest absolute Gasteiger partial charge is 0.338 e. The lowest BCUT2D eigenvalue weighted by atomic mass is 9.96. The number of ether oxygens (including phenoxy) is 4. The van der Waals surface area contributed by atoms with Gasteiger partial charge in [-0.1, -0.05) is 59.9 Å². The quantitative estimate of drug-likeness (QED) is 0.249. The molecule has 3 aromatic carbocycles. The van der Waals surface area contributed by atoms with Gasteiger partial charge in [-0.3, -0.25) is 9.36 Å². The van der Waals surface area contributed by atoms with Crippen molar-refractivity contribution in [1.29, 1.82) is 0 Å². The summed E-state index contributed by atoms with van der Waals surface area (Å²) >= 11 is 1.27. The summed E-state index contributed by atoms with van der Waals surface area (Å²) in [5.41, 5.74) is 3.16. The number of carbonyl (C=O) groups is 1. The summed E-state index contributed by atoms with van der Waals surface area (Å²) in [4.78, 5) is 32.2. The minimum Gasteiger partial charge on any atom is -0.494 e. The SMILES string of the molecule is CCOC(=O)C1=C(C)N=c2s/c(=C\c3ccc(OCc4ccccc4)c(OC)c3)c(=O)n2[C@H]1c1ccc(OCC)cc1. The van der Waals surface area contributed by atoms with Crippen molar-refractivity contribution < 1.29 is 23.7 Å². The van der Waals surface area contributed by atoms with Gasteiger partial charge in [-0.2, -0.15) is 0 Å². The zero-order valence-corrected chi connectivity index (χ0v) is 24.8. The van der Waals surface area contributed by atoms with Crippen LogP contribution in [0.2, 0.25) is 0 Å². The Kier molecular flexibility index (Phi) is 8.88. The second-order valence-electron chi connectivity index (χ2n) is 9.49. The minimum atomic E-state index is -0.693. The first-order chi connectivity index (χ1) is 20.4. The van der Waals surface area contributed by atoms with Gasteiger partial charge in [-0.05, 0) is 67.8 Å². The molecule has 42 heavy (non-hydrogen) atoms. The molecule has 9 heteroatoms. The molecule has 8 nitrogen and oxygen atoms in total. The maximum Gasteiger partial charge on any atom is 0.338 e. The molecule has 1 atom stereocenters. The normalized spacial score (nSPS) is 14.7. The summed E-state index contributed by atoms with van der Waals surface area (Å²) in [5, 5.41) is 0. The number of thiazole rings is 1. The molecule has 0 amide bonds. The standard InChI is InChI=1S/C33H32N2O6S/c1-5-39-25-15-13-24(14-16-25)30-29(32(37)40-6-2)21(3)34-33-35(30)31(36)28(42-33)19-23-12-17-26(27(18-23)38-4)41-20-22-10-8-7-9-11-22/h7-19,30H,5-6,20H2,1-4H3/b28-19-/t30-/m0/s1. The monoisotopic (exact) mass is 584 g/mol. The maximum atomic E-state index is 13.9. The Bertz CT molecular complexity index is 1790. The molecular formula is C33H32N2O6S. The molecule has 0 radical (unpaired) electrons. The number of rotatable bonds is 10. The van der Waals surface area contributed by atoms with Gasteiger partial charge in [0.25, 0.3) is 5.56 Å². The van der Waals surface area contributed by atoms with E-state index < -0.39 is 12.0 Å². The topological polar surface area (TPSA) is 88.4 Å². The number of esters is 1. The van der Waals surface area contributed by atoms with Crippen LogP contribution >= 0.6 is 11.3 Å². The van der Waals surface area contributed by atoms with E-state index in [0.29, 0.717) is 51.1 Å². The Balaban J connectivity index is 1.54. The minimum absolute atomic E-state index is 0.211. The van der Waals surface area contributed by atoms with Crippen LogP contribution in [0.25, 0.3) is 6.08 Å². The number of carbonyl (C=O) groups excluding carboxylic acids is 1. The molecule has 0 aliphatic carbocycles. The zero-order valence-electron chi connectivity index (χ0n) is 24.0. The average molecular weight is 585 g/mol. The summed E-state index contributed by atoms with van der Waals surface area (Å²) in [6.07, 6.45) is 1.80. The lowest BCUT2D eigenvalue weighted by molar-refractivity contribution is -0.139. The van der Waals surface area contributed by atoms with Gasteiger partial charge >= 0.3 is 5.97 Å². The Morgan fingerprint density at radius 2 is 1.74 bits per heavy atom. The van der Waals surface area contributed by atoms with Gasteiger partial charge in [0.05, 0.1) is 42.2 Å². The zero-order chi connectivity index (χ0) is 29.6. The third kappa shape index (κ3) is 6.01. The second-order valence-corrected chi connectivity index (χ2v) is 10.5. The highest BCUT2D eigenvalue weighted by atomic mass is 32.1. The van der Waals surface area contributed by atoms with Gasteiger partial charge in [-0.15, -0.1) is 0 Å². The largest absolute Gasteiger partial charge is 0.494 e. The van der Waals surface area contributed by atoms with Crippen molar-refractivity contribution in [3.63, 3.8) is 0 Å². The van der Waals surface area contributed by atoms with Crippen LogP contribution in [0, 0.1) is 0 Å². The number of benzene rings is 3. The van der Waals surface area contributed by atoms with E-state index in [4.69, 9.17) is 18.9 Å². The predicted octanol–water partition coefficient (Wildman–Crippen LogP) is 4.78. The van der Waals surface area contributed by atoms with Crippen molar-refractivity contribution in [2.75, 3.05) is 20.3 Å². The van der Waals surface area contributed by atoms with Crippen LogP contribution in [0.3, 0.4) is 0 Å². The van der Waals surface area contributed by atoms with Crippen molar-refractivity contribution in [2.45, 2.75) is 33.4 Å². The van der Waals surface area contributed by atoms with E-state index >= 15 is 0 Å². The number of nitrogens with zero attached hydrogens (tertiary/aromatic N) is 2. The van der Waals surface area contributed by atoms with Gasteiger partial charge in [0.2, 0.25) is 0 Å². The first kappa shape index (κ1) is 28.9. The molecule has 0 N–H and O–H groups in total. The van der Waals surface area contributed by atoms with E-state index in [-0.39, 0.29) is 12.2 Å². The Labute approximate surface area is 247 Å². The molecule has 2 heterocycles. The highest BCUT2D eigenvalue weighted by molar-refractivity contribution is 7.07. The highest BCUT2D eigenvalue weighted by Gasteiger charge is 2.33. The highest BCUT2D eigenvalue weighted by Crippen LogP contribution is 2.32. The van der Waals surface area contributed by atoms with E-state index in [1.165, 1.54) is 11.3 Å². The molecule has 0 fully saturated rings. The van der Waals surface area contributed by atoms with Gasteiger partial charge in [0.1, 0.15) is 12.4 Å². The fraction of sp³-hybridized carbons (Fsp3) is 0.242. The van der Waals surface area contributed by atoms with Gasteiger partial charge < -0.3 is 18.9 Å². The second kappa shape index (κ2) is 12.9.